The molecule has 0 amide bonds. The largest absolute Gasteiger partial charge is 0.244 e. The number of nitrogens with zero attached hydrogens (tertiary/aromatic N) is 2. The fraction of sp³-hybridized carbons (Fsp3) is 0.0769. The molecule has 2 aromatic rings. The Balaban J connectivity index is 2.22. The molecule has 2 nitrogen and oxygen atoms in total. The van der Waals surface area contributed by atoms with Crippen LogP contribution in [-0.4, -0.2) is 6.21 Å². The third-order valence-corrected chi connectivity index (χ3v) is 2.99. The maximum absolute atomic E-state index is 8.82. The SMILES string of the molecule is Cc1ccc(C=Nc2sccc2C#N)cc1. The van der Waals surface area contributed by atoms with Crippen LogP contribution in [0.1, 0.15) is 16.7 Å². The van der Waals surface area contributed by atoms with Gasteiger partial charge in [0.1, 0.15) is 11.1 Å². The van der Waals surface area contributed by atoms with E-state index in [9.17, 15) is 0 Å². The molecule has 0 radical (unpaired) electrons. The molecule has 78 valence electrons. The van der Waals surface area contributed by atoms with Crippen molar-refractivity contribution in [1.29, 1.82) is 5.26 Å². The highest BCUT2D eigenvalue weighted by Crippen LogP contribution is 2.25. The molecule has 0 spiro atoms. The summed E-state index contributed by atoms with van der Waals surface area (Å²) in [4.78, 5) is 4.31. The molecule has 0 aliphatic rings. The third-order valence-electron chi connectivity index (χ3n) is 2.17. The molecule has 0 saturated heterocycles. The zero-order valence-electron chi connectivity index (χ0n) is 8.84. The Kier molecular flexibility index (Phi) is 3.13. The van der Waals surface area contributed by atoms with Gasteiger partial charge in [-0.3, -0.25) is 0 Å². The highest BCUT2D eigenvalue weighted by Gasteiger charge is 1.99. The third kappa shape index (κ3) is 2.36. The van der Waals surface area contributed by atoms with Crippen molar-refractivity contribution in [2.45, 2.75) is 6.92 Å². The molecule has 0 N–H and O–H groups in total. The zero-order chi connectivity index (χ0) is 11.4. The molecule has 2 rings (SSSR count). The van der Waals surface area contributed by atoms with Gasteiger partial charge in [0.05, 0.1) is 5.56 Å². The lowest BCUT2D eigenvalue weighted by atomic mass is 10.2. The van der Waals surface area contributed by atoms with Crippen molar-refractivity contribution < 1.29 is 0 Å². The van der Waals surface area contributed by atoms with Crippen molar-refractivity contribution in [2.75, 3.05) is 0 Å². The van der Waals surface area contributed by atoms with Gasteiger partial charge in [-0.1, -0.05) is 29.8 Å². The van der Waals surface area contributed by atoms with Crippen LogP contribution in [0.5, 0.6) is 0 Å². The van der Waals surface area contributed by atoms with Crippen LogP contribution in [0.4, 0.5) is 5.00 Å². The van der Waals surface area contributed by atoms with Crippen LogP contribution in [0.3, 0.4) is 0 Å². The van der Waals surface area contributed by atoms with Gasteiger partial charge in [-0.25, -0.2) is 4.99 Å². The van der Waals surface area contributed by atoms with E-state index >= 15 is 0 Å². The van der Waals surface area contributed by atoms with Gasteiger partial charge in [0.2, 0.25) is 0 Å². The highest BCUT2D eigenvalue weighted by molar-refractivity contribution is 7.14. The zero-order valence-corrected chi connectivity index (χ0v) is 9.66. The lowest BCUT2D eigenvalue weighted by molar-refractivity contribution is 1.46. The van der Waals surface area contributed by atoms with Gasteiger partial charge in [0.15, 0.2) is 0 Å². The first kappa shape index (κ1) is 10.6. The number of hydrogen-bond donors (Lipinski definition) is 0. The van der Waals surface area contributed by atoms with Crippen LogP contribution in [0, 0.1) is 18.3 Å². The fourth-order valence-electron chi connectivity index (χ4n) is 1.27. The van der Waals surface area contributed by atoms with E-state index in [1.165, 1.54) is 16.9 Å². The van der Waals surface area contributed by atoms with E-state index in [1.54, 1.807) is 12.3 Å². The molecule has 3 heteroatoms. The minimum Gasteiger partial charge on any atom is -0.244 e. The van der Waals surface area contributed by atoms with Crippen molar-refractivity contribution in [1.82, 2.24) is 0 Å². The summed E-state index contributed by atoms with van der Waals surface area (Å²) < 4.78 is 0. The molecule has 1 heterocycles. The van der Waals surface area contributed by atoms with Gasteiger partial charge in [0.25, 0.3) is 0 Å². The summed E-state index contributed by atoms with van der Waals surface area (Å²) >= 11 is 1.48. The number of aryl methyl sites for hydroxylation is 1. The first-order valence-corrected chi connectivity index (χ1v) is 5.76. The second kappa shape index (κ2) is 4.73. The van der Waals surface area contributed by atoms with E-state index in [0.717, 1.165) is 10.6 Å². The van der Waals surface area contributed by atoms with Crippen LogP contribution in [0.15, 0.2) is 40.7 Å². The Morgan fingerprint density at radius 2 is 2.00 bits per heavy atom. The summed E-state index contributed by atoms with van der Waals surface area (Å²) in [5.41, 5.74) is 2.90. The minimum atomic E-state index is 0.633. The normalized spacial score (nSPS) is 10.5. The second-order valence-corrected chi connectivity index (χ2v) is 4.31. The summed E-state index contributed by atoms with van der Waals surface area (Å²) in [6.45, 7) is 2.05. The van der Waals surface area contributed by atoms with Gasteiger partial charge < -0.3 is 0 Å². The van der Waals surface area contributed by atoms with E-state index < -0.39 is 0 Å². The number of benzene rings is 1. The summed E-state index contributed by atoms with van der Waals surface area (Å²) in [7, 11) is 0. The van der Waals surface area contributed by atoms with E-state index in [1.807, 2.05) is 36.6 Å². The van der Waals surface area contributed by atoms with Gasteiger partial charge >= 0.3 is 0 Å². The summed E-state index contributed by atoms with van der Waals surface area (Å²) in [6, 6.07) is 12.0. The van der Waals surface area contributed by atoms with Crippen molar-refractivity contribution in [2.24, 2.45) is 4.99 Å². The molecular weight excluding hydrogens is 216 g/mol. The van der Waals surface area contributed by atoms with E-state index in [0.29, 0.717) is 5.56 Å². The van der Waals surface area contributed by atoms with E-state index in [-0.39, 0.29) is 0 Å². The van der Waals surface area contributed by atoms with Gasteiger partial charge in [0, 0.05) is 6.21 Å². The Labute approximate surface area is 98.5 Å². The van der Waals surface area contributed by atoms with Crippen LogP contribution >= 0.6 is 11.3 Å². The van der Waals surface area contributed by atoms with Crippen LogP contribution in [0.25, 0.3) is 0 Å². The molecule has 0 aliphatic heterocycles. The highest BCUT2D eigenvalue weighted by atomic mass is 32.1. The lowest BCUT2D eigenvalue weighted by Gasteiger charge is -1.93. The maximum atomic E-state index is 8.82. The van der Waals surface area contributed by atoms with E-state index in [4.69, 9.17) is 5.26 Å². The van der Waals surface area contributed by atoms with Gasteiger partial charge in [-0.05, 0) is 23.9 Å². The van der Waals surface area contributed by atoms with Gasteiger partial charge in [-0.2, -0.15) is 5.26 Å². The molecular formula is C13H10N2S. The molecule has 0 saturated carbocycles. The van der Waals surface area contributed by atoms with Crippen molar-refractivity contribution in [3.05, 3.63) is 52.4 Å². The number of rotatable bonds is 2. The van der Waals surface area contributed by atoms with Crippen LogP contribution in [-0.2, 0) is 0 Å². The quantitative estimate of drug-likeness (QED) is 0.719. The predicted molar refractivity (Wildman–Crippen MR) is 67.5 cm³/mol. The van der Waals surface area contributed by atoms with Crippen molar-refractivity contribution in [3.8, 4) is 6.07 Å². The fourth-order valence-corrected chi connectivity index (χ4v) is 1.96. The molecule has 0 atom stereocenters. The molecule has 0 aliphatic carbocycles. The number of hydrogen-bond acceptors (Lipinski definition) is 3. The summed E-state index contributed by atoms with van der Waals surface area (Å²) in [6.07, 6.45) is 1.78. The molecule has 1 aromatic carbocycles. The maximum Gasteiger partial charge on any atom is 0.133 e. The monoisotopic (exact) mass is 226 g/mol. The molecule has 0 unspecified atom stereocenters. The molecule has 0 fully saturated rings. The predicted octanol–water partition coefficient (Wildman–Crippen LogP) is 3.68. The Morgan fingerprint density at radius 3 is 2.69 bits per heavy atom. The smallest absolute Gasteiger partial charge is 0.133 e. The Hall–Kier alpha value is -1.92. The summed E-state index contributed by atoms with van der Waals surface area (Å²) in [5.74, 6) is 0. The first-order chi connectivity index (χ1) is 7.79. The standard InChI is InChI=1S/C13H10N2S/c1-10-2-4-11(5-3-10)9-15-13-12(8-14)6-7-16-13/h2-7,9H,1H3. The second-order valence-electron chi connectivity index (χ2n) is 3.42. The molecule has 0 bridgehead atoms. The number of nitriles is 1. The van der Waals surface area contributed by atoms with Crippen molar-refractivity contribution in [3.63, 3.8) is 0 Å². The average Bonchev–Trinajstić information content (AvgIpc) is 2.76. The number of thiophene rings is 1. The van der Waals surface area contributed by atoms with Crippen LogP contribution in [0.2, 0.25) is 0 Å². The lowest BCUT2D eigenvalue weighted by Crippen LogP contribution is -1.80. The first-order valence-electron chi connectivity index (χ1n) is 4.88. The topological polar surface area (TPSA) is 36.1 Å². The molecule has 16 heavy (non-hydrogen) atoms. The average molecular weight is 226 g/mol. The molecule has 1 aromatic heterocycles. The number of aliphatic imine (C=N–C) groups is 1. The Bertz CT molecular complexity index is 544. The Morgan fingerprint density at radius 1 is 1.25 bits per heavy atom. The van der Waals surface area contributed by atoms with E-state index in [2.05, 4.69) is 11.1 Å². The summed E-state index contributed by atoms with van der Waals surface area (Å²) in [5, 5.41) is 11.5. The minimum absolute atomic E-state index is 0.633. The van der Waals surface area contributed by atoms with Crippen LogP contribution < -0.4 is 0 Å². The van der Waals surface area contributed by atoms with Gasteiger partial charge in [-0.15, -0.1) is 11.3 Å². The van der Waals surface area contributed by atoms with Crippen molar-refractivity contribution >= 4 is 22.6 Å².